The average molecular weight is 541 g/mol. The van der Waals surface area contributed by atoms with Crippen molar-refractivity contribution in [1.82, 2.24) is 9.38 Å². The van der Waals surface area contributed by atoms with Gasteiger partial charge in [-0.3, -0.25) is 14.0 Å². The van der Waals surface area contributed by atoms with Crippen LogP contribution in [0.25, 0.3) is 5.65 Å². The number of anilines is 3. The molecule has 0 saturated carbocycles. The highest BCUT2D eigenvalue weighted by Gasteiger charge is 2.24. The molecule has 4 aromatic rings. The number of nitrogens with zero attached hydrogens (tertiary/aromatic N) is 4. The standard InChI is InChI=1S/C30H32N6O4/c1-18-16-24(20(3)32-25-7-5-4-6-23(25)30(39)40)28-33-27(19(2)29(38)36(28)17-18)35-14-12-34(13-15-35)22-10-8-21(9-11-22)26(31)37/h4-11,16-17,20,32H,12-15H2,1-3H3,(H2,31,37)(H,39,40)/t20-/m1/s1. The topological polar surface area (TPSA) is 133 Å². The van der Waals surface area contributed by atoms with Crippen molar-refractivity contribution in [3.8, 4) is 0 Å². The van der Waals surface area contributed by atoms with Gasteiger partial charge >= 0.3 is 5.97 Å². The van der Waals surface area contributed by atoms with Gasteiger partial charge in [-0.25, -0.2) is 9.78 Å². The van der Waals surface area contributed by atoms with E-state index in [4.69, 9.17) is 10.7 Å². The van der Waals surface area contributed by atoms with E-state index in [9.17, 15) is 19.5 Å². The highest BCUT2D eigenvalue weighted by molar-refractivity contribution is 5.94. The van der Waals surface area contributed by atoms with Crippen molar-refractivity contribution in [3.05, 3.63) is 99.0 Å². The molecular weight excluding hydrogens is 508 g/mol. The van der Waals surface area contributed by atoms with Gasteiger partial charge in [0.05, 0.1) is 17.2 Å². The molecule has 2 aromatic heterocycles. The van der Waals surface area contributed by atoms with Crippen molar-refractivity contribution in [2.45, 2.75) is 26.8 Å². The van der Waals surface area contributed by atoms with Crippen molar-refractivity contribution in [1.29, 1.82) is 0 Å². The Balaban J connectivity index is 1.45. The fourth-order valence-electron chi connectivity index (χ4n) is 5.23. The Morgan fingerprint density at radius 1 is 1.00 bits per heavy atom. The quantitative estimate of drug-likeness (QED) is 0.324. The van der Waals surface area contributed by atoms with Crippen LogP contribution in [-0.2, 0) is 0 Å². The summed E-state index contributed by atoms with van der Waals surface area (Å²) in [7, 11) is 0. The van der Waals surface area contributed by atoms with Gasteiger partial charge in [0, 0.05) is 54.9 Å². The molecule has 10 nitrogen and oxygen atoms in total. The molecule has 206 valence electrons. The number of aromatic nitrogens is 2. The third-order valence-corrected chi connectivity index (χ3v) is 7.38. The lowest BCUT2D eigenvalue weighted by Gasteiger charge is -2.37. The molecule has 40 heavy (non-hydrogen) atoms. The van der Waals surface area contributed by atoms with Gasteiger partial charge in [-0.2, -0.15) is 0 Å². The molecule has 5 rings (SSSR count). The van der Waals surface area contributed by atoms with E-state index < -0.39 is 11.9 Å². The monoisotopic (exact) mass is 540 g/mol. The maximum atomic E-state index is 13.5. The van der Waals surface area contributed by atoms with Crippen LogP contribution < -0.4 is 26.4 Å². The number of fused-ring (bicyclic) bond motifs is 1. The molecule has 3 heterocycles. The summed E-state index contributed by atoms with van der Waals surface area (Å²) < 4.78 is 1.58. The predicted octanol–water partition coefficient (Wildman–Crippen LogP) is 3.61. The van der Waals surface area contributed by atoms with Gasteiger partial charge < -0.3 is 26.0 Å². The number of nitrogens with two attached hydrogens (primary N) is 1. The van der Waals surface area contributed by atoms with Crippen LogP contribution in [0.2, 0.25) is 0 Å². The molecule has 1 atom stereocenters. The molecule has 10 heteroatoms. The number of hydrogen-bond donors (Lipinski definition) is 3. The third kappa shape index (κ3) is 5.07. The fraction of sp³-hybridized carbons (Fsp3) is 0.267. The Labute approximate surface area is 231 Å². The number of carbonyl (C=O) groups excluding carboxylic acids is 1. The van der Waals surface area contributed by atoms with Crippen LogP contribution in [0.4, 0.5) is 17.2 Å². The van der Waals surface area contributed by atoms with E-state index in [0.29, 0.717) is 41.4 Å². The first-order chi connectivity index (χ1) is 19.1. The van der Waals surface area contributed by atoms with Gasteiger partial charge in [-0.15, -0.1) is 0 Å². The lowest BCUT2D eigenvalue weighted by molar-refractivity contribution is 0.0697. The van der Waals surface area contributed by atoms with E-state index in [-0.39, 0.29) is 17.2 Å². The number of para-hydroxylation sites is 1. The molecule has 0 aliphatic carbocycles. The van der Waals surface area contributed by atoms with Crippen LogP contribution in [-0.4, -0.2) is 52.5 Å². The first-order valence-corrected chi connectivity index (χ1v) is 13.2. The Morgan fingerprint density at radius 3 is 2.30 bits per heavy atom. The van der Waals surface area contributed by atoms with E-state index in [1.165, 1.54) is 0 Å². The summed E-state index contributed by atoms with van der Waals surface area (Å²) >= 11 is 0. The third-order valence-electron chi connectivity index (χ3n) is 7.38. The number of primary amides is 1. The van der Waals surface area contributed by atoms with Crippen molar-refractivity contribution >= 4 is 34.7 Å². The second kappa shape index (κ2) is 10.7. The van der Waals surface area contributed by atoms with Crippen molar-refractivity contribution in [2.24, 2.45) is 5.73 Å². The van der Waals surface area contributed by atoms with Crippen LogP contribution in [0.15, 0.2) is 65.6 Å². The van der Waals surface area contributed by atoms with Gasteiger partial charge in [0.2, 0.25) is 5.91 Å². The van der Waals surface area contributed by atoms with Gasteiger partial charge in [-0.05, 0) is 68.8 Å². The SMILES string of the molecule is Cc1cc([C@@H](C)Nc2ccccc2C(=O)O)c2nc(N3CCN(c4ccc(C(N)=O)cc4)CC3)c(C)c(=O)n2c1. The molecule has 0 radical (unpaired) electrons. The summed E-state index contributed by atoms with van der Waals surface area (Å²) in [6, 6.07) is 15.7. The summed E-state index contributed by atoms with van der Waals surface area (Å²) in [6.45, 7) is 8.44. The Morgan fingerprint density at radius 2 is 1.65 bits per heavy atom. The van der Waals surface area contributed by atoms with Gasteiger partial charge in [0.25, 0.3) is 5.56 Å². The number of pyridine rings is 1. The highest BCUT2D eigenvalue weighted by Crippen LogP contribution is 2.28. The Hall–Kier alpha value is -4.86. The molecule has 1 aliphatic rings. The number of amides is 1. The summed E-state index contributed by atoms with van der Waals surface area (Å²) in [6.07, 6.45) is 1.79. The van der Waals surface area contributed by atoms with E-state index in [0.717, 1.165) is 29.9 Å². The van der Waals surface area contributed by atoms with Crippen LogP contribution in [0, 0.1) is 13.8 Å². The molecule has 2 aromatic carbocycles. The Bertz CT molecular complexity index is 1660. The highest BCUT2D eigenvalue weighted by atomic mass is 16.4. The first-order valence-electron chi connectivity index (χ1n) is 13.2. The minimum Gasteiger partial charge on any atom is -0.478 e. The van der Waals surface area contributed by atoms with Crippen LogP contribution in [0.1, 0.15) is 50.4 Å². The summed E-state index contributed by atoms with van der Waals surface area (Å²) in [4.78, 5) is 46.1. The summed E-state index contributed by atoms with van der Waals surface area (Å²) in [5, 5.41) is 12.9. The number of hydrogen-bond acceptors (Lipinski definition) is 7. The molecule has 1 aliphatic heterocycles. The molecular formula is C30H32N6O4. The van der Waals surface area contributed by atoms with E-state index >= 15 is 0 Å². The zero-order chi connectivity index (χ0) is 28.6. The first kappa shape index (κ1) is 26.7. The number of aromatic carboxylic acids is 1. The molecule has 1 fully saturated rings. The smallest absolute Gasteiger partial charge is 0.337 e. The zero-order valence-electron chi connectivity index (χ0n) is 22.7. The number of benzene rings is 2. The fourth-order valence-corrected chi connectivity index (χ4v) is 5.23. The van der Waals surface area contributed by atoms with Crippen LogP contribution >= 0.6 is 0 Å². The van der Waals surface area contributed by atoms with E-state index in [2.05, 4.69) is 15.1 Å². The second-order valence-electron chi connectivity index (χ2n) is 10.1. The van der Waals surface area contributed by atoms with Crippen LogP contribution in [0.5, 0.6) is 0 Å². The van der Waals surface area contributed by atoms with E-state index in [1.54, 1.807) is 53.9 Å². The number of piperazine rings is 1. The normalized spacial score (nSPS) is 14.3. The number of carbonyl (C=O) groups is 2. The minimum atomic E-state index is -1.01. The maximum absolute atomic E-state index is 13.5. The average Bonchev–Trinajstić information content (AvgIpc) is 2.95. The lowest BCUT2D eigenvalue weighted by Crippen LogP contribution is -2.47. The van der Waals surface area contributed by atoms with Gasteiger partial charge in [-0.1, -0.05) is 12.1 Å². The number of aryl methyl sites for hydroxylation is 1. The number of carboxylic acids is 1. The largest absolute Gasteiger partial charge is 0.478 e. The van der Waals surface area contributed by atoms with Crippen molar-refractivity contribution in [3.63, 3.8) is 0 Å². The van der Waals surface area contributed by atoms with Crippen LogP contribution in [0.3, 0.4) is 0 Å². The van der Waals surface area contributed by atoms with E-state index in [1.807, 2.05) is 32.0 Å². The number of carboxylic acid groups (broad SMARTS) is 1. The predicted molar refractivity (Wildman–Crippen MR) is 156 cm³/mol. The molecule has 4 N–H and O–H groups in total. The summed E-state index contributed by atoms with van der Waals surface area (Å²) in [5.74, 6) is -0.817. The van der Waals surface area contributed by atoms with Gasteiger partial charge in [0.15, 0.2) is 0 Å². The van der Waals surface area contributed by atoms with Gasteiger partial charge in [0.1, 0.15) is 11.5 Å². The molecule has 1 amide bonds. The lowest BCUT2D eigenvalue weighted by atomic mass is 10.1. The van der Waals surface area contributed by atoms with Crippen molar-refractivity contribution in [2.75, 3.05) is 41.3 Å². The molecule has 0 spiro atoms. The number of rotatable bonds is 7. The number of nitrogens with one attached hydrogen (secondary N) is 1. The maximum Gasteiger partial charge on any atom is 0.337 e. The molecule has 0 bridgehead atoms. The second-order valence-corrected chi connectivity index (χ2v) is 10.1. The molecule has 0 unspecified atom stereocenters. The molecule has 1 saturated heterocycles. The zero-order valence-corrected chi connectivity index (χ0v) is 22.7. The van der Waals surface area contributed by atoms with Crippen molar-refractivity contribution < 1.29 is 14.7 Å². The summed E-state index contributed by atoms with van der Waals surface area (Å²) in [5.41, 5.74) is 10.2. The minimum absolute atomic E-state index is 0.132. The Kier molecular flexibility index (Phi) is 7.17.